The lowest BCUT2D eigenvalue weighted by Gasteiger charge is -2.08. The zero-order chi connectivity index (χ0) is 17.8. The Hall–Kier alpha value is -2.47. The Bertz CT molecular complexity index is 944. The van der Waals surface area contributed by atoms with Gasteiger partial charge in [-0.05, 0) is 18.9 Å². The minimum absolute atomic E-state index is 0.162. The summed E-state index contributed by atoms with van der Waals surface area (Å²) in [6.07, 6.45) is 4.68. The molecule has 0 radical (unpaired) electrons. The largest absolute Gasteiger partial charge is 0.281 e. The highest BCUT2D eigenvalue weighted by Crippen LogP contribution is 2.35. The lowest BCUT2D eigenvalue weighted by molar-refractivity contribution is -0.117. The molecule has 1 amide bonds. The lowest BCUT2D eigenvalue weighted by Crippen LogP contribution is -2.33. The van der Waals surface area contributed by atoms with Crippen LogP contribution in [0.4, 0.5) is 0 Å². The van der Waals surface area contributed by atoms with Crippen LogP contribution in [0.15, 0.2) is 41.5 Å². The molecule has 25 heavy (non-hydrogen) atoms. The number of unbranched alkanes of at least 4 members (excludes halogenated alkanes) is 2. The highest BCUT2D eigenvalue weighted by atomic mass is 32.1. The summed E-state index contributed by atoms with van der Waals surface area (Å²) < 4.78 is 1.20. The molecule has 3 rings (SSSR count). The number of aromatic nitrogens is 2. The maximum Gasteiger partial charge on any atom is 0.281 e. The summed E-state index contributed by atoms with van der Waals surface area (Å²) in [6.45, 7) is 4.08. The molecule has 0 aliphatic heterocycles. The second-order valence-electron chi connectivity index (χ2n) is 5.99. The number of benzene rings is 1. The molecule has 0 aliphatic carbocycles. The van der Waals surface area contributed by atoms with Crippen LogP contribution in [-0.4, -0.2) is 15.6 Å². The average Bonchev–Trinajstić information content (AvgIpc) is 2.95. The van der Waals surface area contributed by atoms with Crippen molar-refractivity contribution in [2.45, 2.75) is 39.5 Å². The van der Waals surface area contributed by atoms with E-state index in [0.717, 1.165) is 35.3 Å². The van der Waals surface area contributed by atoms with Crippen molar-refractivity contribution in [2.75, 3.05) is 5.43 Å². The van der Waals surface area contributed by atoms with Gasteiger partial charge in [0, 0.05) is 16.9 Å². The first-order valence-electron chi connectivity index (χ1n) is 8.48. The van der Waals surface area contributed by atoms with E-state index in [9.17, 15) is 9.59 Å². The second-order valence-corrected chi connectivity index (χ2v) is 7.19. The molecule has 0 atom stereocenters. The van der Waals surface area contributed by atoms with Crippen molar-refractivity contribution >= 4 is 27.5 Å². The number of nitrogens with one attached hydrogen (secondary N) is 1. The van der Waals surface area contributed by atoms with Gasteiger partial charge in [-0.2, -0.15) is 0 Å². The van der Waals surface area contributed by atoms with Crippen LogP contribution in [0.25, 0.3) is 21.3 Å². The van der Waals surface area contributed by atoms with Crippen LogP contribution in [0.5, 0.6) is 0 Å². The molecular formula is C19H21N3O2S. The summed E-state index contributed by atoms with van der Waals surface area (Å²) in [5.41, 5.74) is 4.30. The monoisotopic (exact) mass is 355 g/mol. The number of hydrogen-bond donors (Lipinski definition) is 1. The number of thiophene rings is 1. The van der Waals surface area contributed by atoms with Crippen LogP contribution in [0, 0.1) is 6.92 Å². The molecule has 6 heteroatoms. The minimum atomic E-state index is -0.239. The fraction of sp³-hybridized carbons (Fsp3) is 0.316. The van der Waals surface area contributed by atoms with Crippen LogP contribution < -0.4 is 11.0 Å². The van der Waals surface area contributed by atoms with Gasteiger partial charge in [0.15, 0.2) is 0 Å². The summed E-state index contributed by atoms with van der Waals surface area (Å²) in [7, 11) is 0. The third-order valence-electron chi connectivity index (χ3n) is 4.10. The maximum absolute atomic E-state index is 12.9. The Morgan fingerprint density at radius 2 is 2.00 bits per heavy atom. The molecule has 0 bridgehead atoms. The molecule has 0 saturated carbocycles. The van der Waals surface area contributed by atoms with E-state index in [0.29, 0.717) is 16.6 Å². The van der Waals surface area contributed by atoms with Gasteiger partial charge in [0.2, 0.25) is 5.91 Å². The summed E-state index contributed by atoms with van der Waals surface area (Å²) in [6, 6.07) is 9.80. The predicted octanol–water partition coefficient (Wildman–Crippen LogP) is 4.08. The fourth-order valence-corrected chi connectivity index (χ4v) is 3.86. The summed E-state index contributed by atoms with van der Waals surface area (Å²) in [4.78, 5) is 31.1. The van der Waals surface area contributed by atoms with Gasteiger partial charge in [-0.15, -0.1) is 11.3 Å². The second kappa shape index (κ2) is 7.61. The number of rotatable bonds is 6. The van der Waals surface area contributed by atoms with Gasteiger partial charge in [0.25, 0.3) is 5.56 Å². The molecule has 0 unspecified atom stereocenters. The van der Waals surface area contributed by atoms with E-state index >= 15 is 0 Å². The first kappa shape index (κ1) is 17.4. The van der Waals surface area contributed by atoms with Crippen LogP contribution in [0.3, 0.4) is 0 Å². The highest BCUT2D eigenvalue weighted by Gasteiger charge is 2.17. The van der Waals surface area contributed by atoms with Crippen LogP contribution >= 0.6 is 11.3 Å². The number of fused-ring (bicyclic) bond motifs is 1. The molecule has 2 aromatic heterocycles. The van der Waals surface area contributed by atoms with E-state index in [-0.39, 0.29) is 11.5 Å². The summed E-state index contributed by atoms with van der Waals surface area (Å²) >= 11 is 1.50. The molecule has 0 saturated heterocycles. The maximum atomic E-state index is 12.9. The molecule has 2 heterocycles. The van der Waals surface area contributed by atoms with Crippen LogP contribution in [-0.2, 0) is 4.79 Å². The third-order valence-corrected chi connectivity index (χ3v) is 5.12. The van der Waals surface area contributed by atoms with Gasteiger partial charge in [-0.1, -0.05) is 50.1 Å². The van der Waals surface area contributed by atoms with Gasteiger partial charge in [0.05, 0.1) is 5.39 Å². The van der Waals surface area contributed by atoms with Crippen molar-refractivity contribution in [1.29, 1.82) is 0 Å². The van der Waals surface area contributed by atoms with Gasteiger partial charge < -0.3 is 0 Å². The van der Waals surface area contributed by atoms with Crippen molar-refractivity contribution in [3.05, 3.63) is 51.9 Å². The summed E-state index contributed by atoms with van der Waals surface area (Å²) in [5.74, 6) is -0.162. The van der Waals surface area contributed by atoms with Gasteiger partial charge in [-0.3, -0.25) is 15.0 Å². The van der Waals surface area contributed by atoms with Crippen molar-refractivity contribution < 1.29 is 4.79 Å². The van der Waals surface area contributed by atoms with E-state index < -0.39 is 0 Å². The molecule has 0 fully saturated rings. The highest BCUT2D eigenvalue weighted by molar-refractivity contribution is 7.19. The smallest absolute Gasteiger partial charge is 0.273 e. The first-order valence-corrected chi connectivity index (χ1v) is 9.29. The molecule has 1 N–H and O–H groups in total. The topological polar surface area (TPSA) is 64.0 Å². The number of carbonyl (C=O) groups is 1. The van der Waals surface area contributed by atoms with E-state index in [2.05, 4.69) is 17.3 Å². The van der Waals surface area contributed by atoms with Gasteiger partial charge in [0.1, 0.15) is 11.2 Å². The van der Waals surface area contributed by atoms with E-state index in [1.54, 1.807) is 0 Å². The molecule has 1 aromatic carbocycles. The zero-order valence-electron chi connectivity index (χ0n) is 14.4. The third kappa shape index (κ3) is 3.64. The molecule has 0 spiro atoms. The van der Waals surface area contributed by atoms with Crippen molar-refractivity contribution in [3.8, 4) is 11.1 Å². The normalized spacial score (nSPS) is 11.0. The quantitative estimate of drug-likeness (QED) is 0.678. The Morgan fingerprint density at radius 1 is 1.24 bits per heavy atom. The Labute approximate surface area is 150 Å². The molecule has 3 aromatic rings. The molecular weight excluding hydrogens is 334 g/mol. The number of hydrogen-bond acceptors (Lipinski definition) is 4. The molecule has 5 nitrogen and oxygen atoms in total. The number of nitrogens with zero attached hydrogens (tertiary/aromatic N) is 2. The first-order chi connectivity index (χ1) is 12.1. The van der Waals surface area contributed by atoms with Crippen molar-refractivity contribution in [1.82, 2.24) is 9.66 Å². The fourth-order valence-electron chi connectivity index (χ4n) is 2.86. The van der Waals surface area contributed by atoms with Crippen molar-refractivity contribution in [2.24, 2.45) is 0 Å². The zero-order valence-corrected chi connectivity index (χ0v) is 15.2. The van der Waals surface area contributed by atoms with Crippen LogP contribution in [0.2, 0.25) is 0 Å². The summed E-state index contributed by atoms with van der Waals surface area (Å²) in [5, 5.41) is 0.560. The Morgan fingerprint density at radius 3 is 2.72 bits per heavy atom. The number of aryl methyl sites for hydroxylation is 1. The standard InChI is InChI=1S/C19H21N3O2S/c1-3-4-6-11-15(23)21-22-12-20-18-17(19(22)24)16(13(2)25-18)14-9-7-5-8-10-14/h5,7-10,12H,3-4,6,11H2,1-2H3,(H,21,23). The lowest BCUT2D eigenvalue weighted by atomic mass is 10.0. The number of amides is 1. The van der Waals surface area contributed by atoms with E-state index in [1.165, 1.54) is 22.3 Å². The SMILES string of the molecule is CCCCCC(=O)Nn1cnc2sc(C)c(-c3ccccc3)c2c1=O. The Balaban J connectivity index is 1.99. The predicted molar refractivity (Wildman–Crippen MR) is 103 cm³/mol. The van der Waals surface area contributed by atoms with E-state index in [4.69, 9.17) is 0 Å². The molecule has 0 aliphatic rings. The van der Waals surface area contributed by atoms with E-state index in [1.807, 2.05) is 37.3 Å². The van der Waals surface area contributed by atoms with Crippen molar-refractivity contribution in [3.63, 3.8) is 0 Å². The van der Waals surface area contributed by atoms with Gasteiger partial charge >= 0.3 is 0 Å². The minimum Gasteiger partial charge on any atom is -0.273 e. The van der Waals surface area contributed by atoms with Crippen LogP contribution in [0.1, 0.15) is 37.5 Å². The average molecular weight is 355 g/mol. The number of carbonyl (C=O) groups excluding carboxylic acids is 1. The Kier molecular flexibility index (Phi) is 5.28. The molecule has 130 valence electrons. The van der Waals surface area contributed by atoms with Gasteiger partial charge in [-0.25, -0.2) is 9.66 Å².